The van der Waals surface area contributed by atoms with Crippen molar-refractivity contribution >= 4 is 0 Å². The lowest BCUT2D eigenvalue weighted by Crippen LogP contribution is -2.38. The molecule has 0 saturated carbocycles. The maximum atomic E-state index is 5.84. The molecule has 2 N–H and O–H groups in total. The summed E-state index contributed by atoms with van der Waals surface area (Å²) in [4.78, 5) is 0. The van der Waals surface area contributed by atoms with Gasteiger partial charge >= 0.3 is 0 Å². The van der Waals surface area contributed by atoms with E-state index in [2.05, 4.69) is 13.8 Å². The fourth-order valence-corrected chi connectivity index (χ4v) is 2.43. The van der Waals surface area contributed by atoms with E-state index in [1.807, 2.05) is 0 Å². The molecular formula is C10H21NO. The van der Waals surface area contributed by atoms with Crippen LogP contribution in [0.2, 0.25) is 0 Å². The molecule has 2 heteroatoms. The van der Waals surface area contributed by atoms with Gasteiger partial charge in [-0.3, -0.25) is 0 Å². The Labute approximate surface area is 75.5 Å². The summed E-state index contributed by atoms with van der Waals surface area (Å²) in [5.74, 6) is 0.755. The highest BCUT2D eigenvalue weighted by atomic mass is 16.5. The SMILES string of the molecule is CCC(CC)C1(CN)CCOC1. The van der Waals surface area contributed by atoms with Crippen LogP contribution in [-0.2, 0) is 4.74 Å². The topological polar surface area (TPSA) is 35.2 Å². The van der Waals surface area contributed by atoms with Gasteiger partial charge in [0.05, 0.1) is 6.61 Å². The van der Waals surface area contributed by atoms with Gasteiger partial charge in [-0.05, 0) is 12.3 Å². The minimum Gasteiger partial charge on any atom is -0.381 e. The van der Waals surface area contributed by atoms with Crippen LogP contribution in [0.4, 0.5) is 0 Å². The third kappa shape index (κ3) is 1.64. The Kier molecular flexibility index (Phi) is 3.53. The molecule has 12 heavy (non-hydrogen) atoms. The van der Waals surface area contributed by atoms with Gasteiger partial charge in [-0.1, -0.05) is 26.7 Å². The van der Waals surface area contributed by atoms with E-state index in [4.69, 9.17) is 10.5 Å². The van der Waals surface area contributed by atoms with Crippen molar-refractivity contribution in [3.8, 4) is 0 Å². The van der Waals surface area contributed by atoms with E-state index >= 15 is 0 Å². The highest BCUT2D eigenvalue weighted by molar-refractivity contribution is 4.89. The second kappa shape index (κ2) is 4.24. The van der Waals surface area contributed by atoms with Crippen molar-refractivity contribution in [3.05, 3.63) is 0 Å². The number of hydrogen-bond donors (Lipinski definition) is 1. The number of nitrogens with two attached hydrogens (primary N) is 1. The van der Waals surface area contributed by atoms with Crippen LogP contribution in [0.3, 0.4) is 0 Å². The quantitative estimate of drug-likeness (QED) is 0.700. The van der Waals surface area contributed by atoms with E-state index in [9.17, 15) is 0 Å². The molecule has 1 saturated heterocycles. The van der Waals surface area contributed by atoms with Crippen LogP contribution in [0.15, 0.2) is 0 Å². The first kappa shape index (κ1) is 10.0. The predicted molar refractivity (Wildman–Crippen MR) is 51.0 cm³/mol. The minimum atomic E-state index is 0.309. The maximum absolute atomic E-state index is 5.84. The van der Waals surface area contributed by atoms with Crippen LogP contribution in [-0.4, -0.2) is 19.8 Å². The number of rotatable bonds is 4. The number of ether oxygens (including phenoxy) is 1. The van der Waals surface area contributed by atoms with Gasteiger partial charge < -0.3 is 10.5 Å². The summed E-state index contributed by atoms with van der Waals surface area (Å²) in [5, 5.41) is 0. The van der Waals surface area contributed by atoms with E-state index in [1.54, 1.807) is 0 Å². The Morgan fingerprint density at radius 2 is 2.08 bits per heavy atom. The Balaban J connectivity index is 2.63. The summed E-state index contributed by atoms with van der Waals surface area (Å²) >= 11 is 0. The smallest absolute Gasteiger partial charge is 0.0538 e. The molecule has 1 heterocycles. The second-order valence-corrected chi connectivity index (χ2v) is 3.88. The van der Waals surface area contributed by atoms with Gasteiger partial charge in [-0.25, -0.2) is 0 Å². The van der Waals surface area contributed by atoms with E-state index in [0.717, 1.165) is 32.1 Å². The van der Waals surface area contributed by atoms with Gasteiger partial charge in [0.2, 0.25) is 0 Å². The lowest BCUT2D eigenvalue weighted by molar-refractivity contribution is 0.107. The Morgan fingerprint density at radius 1 is 1.42 bits per heavy atom. The molecule has 1 unspecified atom stereocenters. The van der Waals surface area contributed by atoms with Gasteiger partial charge in [-0.15, -0.1) is 0 Å². The fraction of sp³-hybridized carbons (Fsp3) is 1.00. The van der Waals surface area contributed by atoms with Crippen molar-refractivity contribution in [2.45, 2.75) is 33.1 Å². The van der Waals surface area contributed by atoms with Crippen molar-refractivity contribution in [1.82, 2.24) is 0 Å². The molecular weight excluding hydrogens is 150 g/mol. The largest absolute Gasteiger partial charge is 0.381 e. The molecule has 0 aromatic heterocycles. The average Bonchev–Trinajstić information content (AvgIpc) is 2.56. The molecule has 2 nitrogen and oxygen atoms in total. The van der Waals surface area contributed by atoms with E-state index in [-0.39, 0.29) is 0 Å². The van der Waals surface area contributed by atoms with Crippen LogP contribution in [0.5, 0.6) is 0 Å². The fourth-order valence-electron chi connectivity index (χ4n) is 2.43. The molecule has 0 radical (unpaired) electrons. The van der Waals surface area contributed by atoms with Crippen LogP contribution in [0, 0.1) is 11.3 Å². The Bertz CT molecular complexity index is 126. The first-order valence-electron chi connectivity index (χ1n) is 5.07. The van der Waals surface area contributed by atoms with Crippen molar-refractivity contribution in [1.29, 1.82) is 0 Å². The second-order valence-electron chi connectivity index (χ2n) is 3.88. The molecule has 0 aromatic rings. The third-order valence-electron chi connectivity index (χ3n) is 3.39. The van der Waals surface area contributed by atoms with Crippen molar-refractivity contribution in [2.24, 2.45) is 17.1 Å². The lowest BCUT2D eigenvalue weighted by atomic mass is 9.72. The highest BCUT2D eigenvalue weighted by Gasteiger charge is 2.39. The third-order valence-corrected chi connectivity index (χ3v) is 3.39. The van der Waals surface area contributed by atoms with Crippen molar-refractivity contribution in [3.63, 3.8) is 0 Å². The van der Waals surface area contributed by atoms with Crippen LogP contribution in [0.25, 0.3) is 0 Å². The summed E-state index contributed by atoms with van der Waals surface area (Å²) < 4.78 is 5.46. The van der Waals surface area contributed by atoms with E-state index < -0.39 is 0 Å². The summed E-state index contributed by atoms with van der Waals surface area (Å²) in [5.41, 5.74) is 6.15. The van der Waals surface area contributed by atoms with Crippen molar-refractivity contribution in [2.75, 3.05) is 19.8 Å². The highest BCUT2D eigenvalue weighted by Crippen LogP contribution is 2.39. The Hall–Kier alpha value is -0.0800. The van der Waals surface area contributed by atoms with Gasteiger partial charge in [0.1, 0.15) is 0 Å². The first-order valence-corrected chi connectivity index (χ1v) is 5.07. The monoisotopic (exact) mass is 171 g/mol. The molecule has 1 aliphatic heterocycles. The standard InChI is InChI=1S/C10H21NO/c1-3-9(4-2)10(7-11)5-6-12-8-10/h9H,3-8,11H2,1-2H3. The van der Waals surface area contributed by atoms with Gasteiger partial charge in [0, 0.05) is 18.6 Å². The molecule has 0 aromatic carbocycles. The average molecular weight is 171 g/mol. The molecule has 72 valence electrons. The minimum absolute atomic E-state index is 0.309. The molecule has 1 rings (SSSR count). The zero-order valence-corrected chi connectivity index (χ0v) is 8.31. The predicted octanol–water partition coefficient (Wildman–Crippen LogP) is 1.79. The molecule has 1 aliphatic rings. The summed E-state index contributed by atoms with van der Waals surface area (Å²) in [7, 11) is 0. The van der Waals surface area contributed by atoms with E-state index in [1.165, 1.54) is 12.8 Å². The van der Waals surface area contributed by atoms with Crippen LogP contribution in [0.1, 0.15) is 33.1 Å². The number of hydrogen-bond acceptors (Lipinski definition) is 2. The summed E-state index contributed by atoms with van der Waals surface area (Å²) in [6.07, 6.45) is 3.63. The zero-order chi connectivity index (χ0) is 9.03. The van der Waals surface area contributed by atoms with Gasteiger partial charge in [0.15, 0.2) is 0 Å². The zero-order valence-electron chi connectivity index (χ0n) is 8.31. The van der Waals surface area contributed by atoms with Gasteiger partial charge in [-0.2, -0.15) is 0 Å². The molecule has 0 bridgehead atoms. The van der Waals surface area contributed by atoms with Crippen LogP contribution < -0.4 is 5.73 Å². The normalized spacial score (nSPS) is 30.0. The van der Waals surface area contributed by atoms with Crippen LogP contribution >= 0.6 is 0 Å². The maximum Gasteiger partial charge on any atom is 0.0538 e. The first-order chi connectivity index (χ1) is 5.79. The van der Waals surface area contributed by atoms with Crippen molar-refractivity contribution < 1.29 is 4.74 Å². The molecule has 0 aliphatic carbocycles. The molecule has 0 amide bonds. The molecule has 0 spiro atoms. The van der Waals surface area contributed by atoms with Gasteiger partial charge in [0.25, 0.3) is 0 Å². The Morgan fingerprint density at radius 3 is 2.42 bits per heavy atom. The van der Waals surface area contributed by atoms with E-state index in [0.29, 0.717) is 5.41 Å². The summed E-state index contributed by atoms with van der Waals surface area (Å²) in [6.45, 7) is 7.09. The molecule has 1 atom stereocenters. The summed E-state index contributed by atoms with van der Waals surface area (Å²) in [6, 6.07) is 0. The molecule has 1 fully saturated rings. The lowest BCUT2D eigenvalue weighted by Gasteiger charge is -2.34.